The topological polar surface area (TPSA) is 52.3 Å². The molecule has 0 aliphatic carbocycles. The molecular weight excluding hydrogens is 146 g/mol. The number of rotatable bonds is 4. The zero-order valence-corrected chi connectivity index (χ0v) is 6.24. The first-order chi connectivity index (χ1) is 5.34. The van der Waals surface area contributed by atoms with Crippen molar-refractivity contribution in [2.75, 3.05) is 13.2 Å². The number of hydrogen-bond donors (Lipinski definition) is 0. The van der Waals surface area contributed by atoms with Gasteiger partial charge in [0.1, 0.15) is 12.9 Å². The van der Waals surface area contributed by atoms with Gasteiger partial charge in [0.05, 0.1) is 6.20 Å². The quantitative estimate of drug-likeness (QED) is 0.606. The molecule has 1 heterocycles. The molecule has 0 spiro atoms. The van der Waals surface area contributed by atoms with E-state index in [1.165, 1.54) is 12.5 Å². The summed E-state index contributed by atoms with van der Waals surface area (Å²) in [5, 5.41) is 0. The minimum atomic E-state index is -0.225. The van der Waals surface area contributed by atoms with Gasteiger partial charge in [0.15, 0.2) is 0 Å². The van der Waals surface area contributed by atoms with Crippen LogP contribution in [0.3, 0.4) is 0 Å². The number of carbonyl (C=O) groups excluding carboxylic acids is 1. The van der Waals surface area contributed by atoms with Crippen molar-refractivity contribution in [2.45, 2.75) is 6.92 Å². The Morgan fingerprint density at radius 2 is 2.64 bits per heavy atom. The highest BCUT2D eigenvalue weighted by atomic mass is 16.5. The van der Waals surface area contributed by atoms with E-state index in [2.05, 4.69) is 4.98 Å². The van der Waals surface area contributed by atoms with Crippen molar-refractivity contribution in [1.29, 1.82) is 0 Å². The van der Waals surface area contributed by atoms with Crippen LogP contribution in [-0.2, 0) is 4.74 Å². The lowest BCUT2D eigenvalue weighted by Crippen LogP contribution is -2.08. The molecule has 1 aromatic rings. The third-order valence-corrected chi connectivity index (χ3v) is 1.11. The molecule has 0 bridgehead atoms. The minimum absolute atomic E-state index is 0.0387. The van der Waals surface area contributed by atoms with E-state index in [0.717, 1.165) is 0 Å². The maximum atomic E-state index is 11.0. The molecule has 0 aliphatic heterocycles. The second-order valence-corrected chi connectivity index (χ2v) is 1.90. The molecule has 1 aromatic heterocycles. The maximum absolute atomic E-state index is 11.0. The maximum Gasteiger partial charge on any atom is 0.265 e. The zero-order valence-electron chi connectivity index (χ0n) is 6.24. The van der Waals surface area contributed by atoms with E-state index in [4.69, 9.17) is 9.15 Å². The molecule has 4 nitrogen and oxygen atoms in total. The number of hydrogen-bond acceptors (Lipinski definition) is 4. The second kappa shape index (κ2) is 3.88. The largest absolute Gasteiger partial charge is 0.442 e. The van der Waals surface area contributed by atoms with Gasteiger partial charge >= 0.3 is 0 Å². The van der Waals surface area contributed by atoms with Gasteiger partial charge in [0.2, 0.25) is 5.78 Å². The fourth-order valence-corrected chi connectivity index (χ4v) is 0.618. The Kier molecular flexibility index (Phi) is 2.80. The van der Waals surface area contributed by atoms with Crippen molar-refractivity contribution in [1.82, 2.24) is 4.98 Å². The Hall–Kier alpha value is -1.16. The SMILES string of the molecule is CCOCC(=O)c1ncco1. The number of ketones is 1. The van der Waals surface area contributed by atoms with Gasteiger partial charge in [0, 0.05) is 6.61 Å². The summed E-state index contributed by atoms with van der Waals surface area (Å²) in [5.74, 6) is -0.115. The molecule has 0 unspecified atom stereocenters. The second-order valence-electron chi connectivity index (χ2n) is 1.90. The summed E-state index contributed by atoms with van der Waals surface area (Å²) in [4.78, 5) is 14.7. The molecule has 0 aliphatic rings. The van der Waals surface area contributed by atoms with Gasteiger partial charge in [-0.15, -0.1) is 0 Å². The lowest BCUT2D eigenvalue weighted by Gasteiger charge is -1.94. The third-order valence-electron chi connectivity index (χ3n) is 1.11. The van der Waals surface area contributed by atoms with Gasteiger partial charge < -0.3 is 9.15 Å². The van der Waals surface area contributed by atoms with Gasteiger partial charge in [-0.2, -0.15) is 0 Å². The number of aromatic nitrogens is 1. The molecular formula is C7H9NO3. The van der Waals surface area contributed by atoms with Gasteiger partial charge in [-0.1, -0.05) is 0 Å². The molecule has 0 radical (unpaired) electrons. The molecule has 0 fully saturated rings. The van der Waals surface area contributed by atoms with Crippen molar-refractivity contribution in [3.63, 3.8) is 0 Å². The number of Topliss-reactive ketones (excluding diaryl/α,β-unsaturated/α-hetero) is 1. The molecule has 0 saturated carbocycles. The minimum Gasteiger partial charge on any atom is -0.442 e. The van der Waals surface area contributed by atoms with Gasteiger partial charge in [0.25, 0.3) is 5.89 Å². The molecule has 0 amide bonds. The average molecular weight is 155 g/mol. The molecule has 4 heteroatoms. The van der Waals surface area contributed by atoms with Crippen LogP contribution in [0.4, 0.5) is 0 Å². The van der Waals surface area contributed by atoms with Crippen molar-refractivity contribution in [3.8, 4) is 0 Å². The standard InChI is InChI=1S/C7H9NO3/c1-2-10-5-6(9)7-8-3-4-11-7/h3-4H,2,5H2,1H3. The first-order valence-electron chi connectivity index (χ1n) is 3.35. The monoisotopic (exact) mass is 155 g/mol. The predicted molar refractivity (Wildman–Crippen MR) is 37.3 cm³/mol. The van der Waals surface area contributed by atoms with E-state index in [1.807, 2.05) is 6.92 Å². The van der Waals surface area contributed by atoms with Crippen molar-refractivity contribution >= 4 is 5.78 Å². The number of carbonyl (C=O) groups is 1. The van der Waals surface area contributed by atoms with E-state index >= 15 is 0 Å². The summed E-state index contributed by atoms with van der Waals surface area (Å²) >= 11 is 0. The van der Waals surface area contributed by atoms with Crippen molar-refractivity contribution < 1.29 is 13.9 Å². The van der Waals surface area contributed by atoms with Crippen LogP contribution >= 0.6 is 0 Å². The molecule has 60 valence electrons. The normalized spacial score (nSPS) is 9.91. The summed E-state index contributed by atoms with van der Waals surface area (Å²) in [6, 6.07) is 0. The van der Waals surface area contributed by atoms with E-state index in [0.29, 0.717) is 6.61 Å². The van der Waals surface area contributed by atoms with Crippen LogP contribution in [0.5, 0.6) is 0 Å². The van der Waals surface area contributed by atoms with E-state index < -0.39 is 0 Å². The number of oxazole rings is 1. The molecule has 11 heavy (non-hydrogen) atoms. The molecule has 0 atom stereocenters. The summed E-state index contributed by atoms with van der Waals surface area (Å²) in [6.07, 6.45) is 2.79. The predicted octanol–water partition coefficient (Wildman–Crippen LogP) is 0.894. The van der Waals surface area contributed by atoms with Crippen LogP contribution in [0.25, 0.3) is 0 Å². The van der Waals surface area contributed by atoms with Crippen LogP contribution in [0.2, 0.25) is 0 Å². The van der Waals surface area contributed by atoms with Gasteiger partial charge in [-0.25, -0.2) is 4.98 Å². The van der Waals surface area contributed by atoms with Gasteiger partial charge in [-0.3, -0.25) is 4.79 Å². The Labute approximate surface area is 64.2 Å². The first-order valence-corrected chi connectivity index (χ1v) is 3.35. The summed E-state index contributed by atoms with van der Waals surface area (Å²) in [7, 11) is 0. The summed E-state index contributed by atoms with van der Waals surface area (Å²) < 4.78 is 9.62. The molecule has 0 aromatic carbocycles. The Morgan fingerprint density at radius 3 is 3.18 bits per heavy atom. The van der Waals surface area contributed by atoms with E-state index in [-0.39, 0.29) is 18.3 Å². The van der Waals surface area contributed by atoms with Crippen LogP contribution in [0.15, 0.2) is 16.9 Å². The fourth-order valence-electron chi connectivity index (χ4n) is 0.618. The molecule has 0 saturated heterocycles. The Bertz CT molecular complexity index is 218. The smallest absolute Gasteiger partial charge is 0.265 e. The molecule has 0 N–H and O–H groups in total. The highest BCUT2D eigenvalue weighted by Gasteiger charge is 2.08. The molecule has 1 rings (SSSR count). The highest BCUT2D eigenvalue weighted by Crippen LogP contribution is 1.95. The van der Waals surface area contributed by atoms with Crippen LogP contribution in [-0.4, -0.2) is 24.0 Å². The van der Waals surface area contributed by atoms with Crippen LogP contribution < -0.4 is 0 Å². The van der Waals surface area contributed by atoms with E-state index in [9.17, 15) is 4.79 Å². The van der Waals surface area contributed by atoms with Crippen LogP contribution in [0.1, 0.15) is 17.6 Å². The number of nitrogens with zero attached hydrogens (tertiary/aromatic N) is 1. The lowest BCUT2D eigenvalue weighted by atomic mass is 10.4. The van der Waals surface area contributed by atoms with Crippen LogP contribution in [0, 0.1) is 0 Å². The number of ether oxygens (including phenoxy) is 1. The lowest BCUT2D eigenvalue weighted by molar-refractivity contribution is 0.0749. The van der Waals surface area contributed by atoms with Gasteiger partial charge in [-0.05, 0) is 6.92 Å². The van der Waals surface area contributed by atoms with Crippen molar-refractivity contribution in [2.24, 2.45) is 0 Å². The first kappa shape index (κ1) is 7.94. The van der Waals surface area contributed by atoms with Crippen molar-refractivity contribution in [3.05, 3.63) is 18.4 Å². The summed E-state index contributed by atoms with van der Waals surface area (Å²) in [6.45, 7) is 2.38. The third kappa shape index (κ3) is 2.16. The highest BCUT2D eigenvalue weighted by molar-refractivity contribution is 5.92. The van der Waals surface area contributed by atoms with E-state index in [1.54, 1.807) is 0 Å². The zero-order chi connectivity index (χ0) is 8.10. The Balaban J connectivity index is 2.43. The average Bonchev–Trinajstić information content (AvgIpc) is 2.52. The Morgan fingerprint density at radius 1 is 1.82 bits per heavy atom. The fraction of sp³-hybridized carbons (Fsp3) is 0.429. The summed E-state index contributed by atoms with van der Waals surface area (Å²) in [5.41, 5.74) is 0.